The number of thiophene rings is 1. The van der Waals surface area contributed by atoms with Crippen molar-refractivity contribution in [1.82, 2.24) is 0 Å². The lowest BCUT2D eigenvalue weighted by Gasteiger charge is -2.24. The Hall–Kier alpha value is -1.40. The Morgan fingerprint density at radius 2 is 2.30 bits per heavy atom. The summed E-state index contributed by atoms with van der Waals surface area (Å²) < 4.78 is 5.52. The molecular weight excluding hydrogens is 278 g/mol. The number of amides is 1. The Balaban J connectivity index is 1.73. The van der Waals surface area contributed by atoms with E-state index in [1.165, 1.54) is 4.88 Å². The molecule has 3 heterocycles. The molecule has 1 aromatic rings. The fourth-order valence-electron chi connectivity index (χ4n) is 2.86. The Kier molecular flexibility index (Phi) is 3.76. The SMILES string of the molecule is O=C(O)C1CCC(CN2C(=O)CCCc3sccc32)O1. The van der Waals surface area contributed by atoms with Gasteiger partial charge in [0.25, 0.3) is 0 Å². The highest BCUT2D eigenvalue weighted by molar-refractivity contribution is 7.10. The fourth-order valence-corrected chi connectivity index (χ4v) is 3.78. The van der Waals surface area contributed by atoms with Gasteiger partial charge in [-0.3, -0.25) is 4.79 Å². The molecule has 0 bridgehead atoms. The van der Waals surface area contributed by atoms with Gasteiger partial charge in [-0.05, 0) is 37.1 Å². The smallest absolute Gasteiger partial charge is 0.332 e. The van der Waals surface area contributed by atoms with Gasteiger partial charge in [-0.15, -0.1) is 11.3 Å². The molecule has 20 heavy (non-hydrogen) atoms. The first-order valence-electron chi connectivity index (χ1n) is 6.90. The van der Waals surface area contributed by atoms with Gasteiger partial charge in [-0.2, -0.15) is 0 Å². The van der Waals surface area contributed by atoms with E-state index in [1.807, 2.05) is 11.4 Å². The molecule has 1 amide bonds. The van der Waals surface area contributed by atoms with Crippen LogP contribution >= 0.6 is 11.3 Å². The molecule has 0 radical (unpaired) electrons. The third kappa shape index (κ3) is 2.58. The van der Waals surface area contributed by atoms with E-state index < -0.39 is 12.1 Å². The molecule has 2 atom stereocenters. The second-order valence-corrected chi connectivity index (χ2v) is 6.25. The van der Waals surface area contributed by atoms with E-state index in [4.69, 9.17) is 9.84 Å². The van der Waals surface area contributed by atoms with Crippen LogP contribution < -0.4 is 4.90 Å². The minimum atomic E-state index is -0.911. The summed E-state index contributed by atoms with van der Waals surface area (Å²) >= 11 is 1.68. The molecular formula is C14H17NO4S. The zero-order valence-corrected chi connectivity index (χ0v) is 11.9. The number of hydrogen-bond acceptors (Lipinski definition) is 4. The number of aliphatic carboxylic acids is 1. The number of nitrogens with zero attached hydrogens (tertiary/aromatic N) is 1. The molecule has 0 spiro atoms. The number of aryl methyl sites for hydroxylation is 1. The molecule has 108 valence electrons. The summed E-state index contributed by atoms with van der Waals surface area (Å²) in [5.41, 5.74) is 0.986. The highest BCUT2D eigenvalue weighted by Gasteiger charge is 2.33. The van der Waals surface area contributed by atoms with E-state index in [0.717, 1.165) is 18.5 Å². The van der Waals surface area contributed by atoms with Crippen LogP contribution in [0.3, 0.4) is 0 Å². The average Bonchev–Trinajstić information content (AvgIpc) is 3.02. The topological polar surface area (TPSA) is 66.8 Å². The molecule has 1 saturated heterocycles. The van der Waals surface area contributed by atoms with Crippen LogP contribution in [0.15, 0.2) is 11.4 Å². The minimum absolute atomic E-state index is 0.115. The third-order valence-corrected chi connectivity index (χ3v) is 4.85. The van der Waals surface area contributed by atoms with Crippen molar-refractivity contribution in [2.24, 2.45) is 0 Å². The second kappa shape index (κ2) is 5.54. The monoisotopic (exact) mass is 295 g/mol. The maximum atomic E-state index is 12.2. The summed E-state index contributed by atoms with van der Waals surface area (Å²) in [7, 11) is 0. The van der Waals surface area contributed by atoms with E-state index in [0.29, 0.717) is 25.8 Å². The van der Waals surface area contributed by atoms with Gasteiger partial charge in [-0.1, -0.05) is 0 Å². The number of hydrogen-bond donors (Lipinski definition) is 1. The van der Waals surface area contributed by atoms with E-state index in [-0.39, 0.29) is 12.0 Å². The van der Waals surface area contributed by atoms with E-state index in [2.05, 4.69) is 0 Å². The zero-order chi connectivity index (χ0) is 14.1. The van der Waals surface area contributed by atoms with Crippen molar-refractivity contribution in [3.8, 4) is 0 Å². The van der Waals surface area contributed by atoms with Crippen LogP contribution in [0.1, 0.15) is 30.6 Å². The van der Waals surface area contributed by atoms with Crippen LogP contribution in [0.4, 0.5) is 5.69 Å². The highest BCUT2D eigenvalue weighted by atomic mass is 32.1. The van der Waals surface area contributed by atoms with Crippen molar-refractivity contribution in [1.29, 1.82) is 0 Å². The predicted molar refractivity (Wildman–Crippen MR) is 75.1 cm³/mol. The maximum absolute atomic E-state index is 12.2. The lowest BCUT2D eigenvalue weighted by atomic mass is 10.2. The fraction of sp³-hybridized carbons (Fsp3) is 0.571. The van der Waals surface area contributed by atoms with Crippen molar-refractivity contribution < 1.29 is 19.4 Å². The lowest BCUT2D eigenvalue weighted by Crippen LogP contribution is -2.37. The van der Waals surface area contributed by atoms with E-state index in [9.17, 15) is 9.59 Å². The Bertz CT molecular complexity index is 527. The van der Waals surface area contributed by atoms with Gasteiger partial charge in [0, 0.05) is 11.3 Å². The quantitative estimate of drug-likeness (QED) is 0.926. The highest BCUT2D eigenvalue weighted by Crippen LogP contribution is 2.33. The molecule has 3 rings (SSSR count). The van der Waals surface area contributed by atoms with Crippen LogP contribution in [-0.4, -0.2) is 35.7 Å². The summed E-state index contributed by atoms with van der Waals surface area (Å²) in [4.78, 5) is 26.2. The van der Waals surface area contributed by atoms with Gasteiger partial charge >= 0.3 is 5.97 Å². The average molecular weight is 295 g/mol. The summed E-state index contributed by atoms with van der Waals surface area (Å²) in [6.45, 7) is 0.465. The predicted octanol–water partition coefficient (Wildman–Crippen LogP) is 2.05. The number of fused-ring (bicyclic) bond motifs is 1. The molecule has 2 unspecified atom stereocenters. The van der Waals surface area contributed by atoms with Crippen LogP contribution in [0.25, 0.3) is 0 Å². The minimum Gasteiger partial charge on any atom is -0.479 e. The summed E-state index contributed by atoms with van der Waals surface area (Å²) in [6, 6.07) is 1.98. The number of carboxylic acids is 1. The van der Waals surface area contributed by atoms with Crippen molar-refractivity contribution in [2.45, 2.75) is 44.3 Å². The van der Waals surface area contributed by atoms with E-state index >= 15 is 0 Å². The van der Waals surface area contributed by atoms with Gasteiger partial charge in [0.05, 0.1) is 18.3 Å². The van der Waals surface area contributed by atoms with Crippen LogP contribution in [-0.2, 0) is 20.7 Å². The number of ether oxygens (including phenoxy) is 1. The largest absolute Gasteiger partial charge is 0.479 e. The Morgan fingerprint density at radius 3 is 3.05 bits per heavy atom. The molecule has 6 heteroatoms. The standard InChI is InChI=1S/C14H17NO4S/c16-13-3-1-2-12-10(6-7-20-12)15(13)8-9-4-5-11(19-9)14(17)18/h6-7,9,11H,1-5,8H2,(H,17,18). The molecule has 0 saturated carbocycles. The number of carbonyl (C=O) groups excluding carboxylic acids is 1. The first-order chi connectivity index (χ1) is 9.65. The summed E-state index contributed by atoms with van der Waals surface area (Å²) in [5, 5.41) is 11.0. The normalized spacial score (nSPS) is 26.4. The van der Waals surface area contributed by atoms with Gasteiger partial charge in [0.15, 0.2) is 6.10 Å². The second-order valence-electron chi connectivity index (χ2n) is 5.25. The van der Waals surface area contributed by atoms with Crippen molar-refractivity contribution in [3.05, 3.63) is 16.3 Å². The molecule has 1 fully saturated rings. The summed E-state index contributed by atoms with van der Waals surface area (Å²) in [5.74, 6) is -0.796. The first-order valence-corrected chi connectivity index (χ1v) is 7.78. The molecule has 1 aromatic heterocycles. The van der Waals surface area contributed by atoms with Crippen LogP contribution in [0, 0.1) is 0 Å². The molecule has 0 aliphatic carbocycles. The molecule has 0 aromatic carbocycles. The third-order valence-electron chi connectivity index (χ3n) is 3.88. The van der Waals surface area contributed by atoms with Crippen molar-refractivity contribution in [2.75, 3.05) is 11.4 Å². The van der Waals surface area contributed by atoms with Crippen molar-refractivity contribution >= 4 is 28.9 Å². The van der Waals surface area contributed by atoms with Gasteiger partial charge in [-0.25, -0.2) is 4.79 Å². The number of carbonyl (C=O) groups is 2. The van der Waals surface area contributed by atoms with Gasteiger partial charge in [0.2, 0.25) is 5.91 Å². The molecule has 5 nitrogen and oxygen atoms in total. The maximum Gasteiger partial charge on any atom is 0.332 e. The first kappa shape index (κ1) is 13.6. The van der Waals surface area contributed by atoms with Gasteiger partial charge < -0.3 is 14.7 Å². The van der Waals surface area contributed by atoms with Crippen LogP contribution in [0.5, 0.6) is 0 Å². The molecule has 1 N–H and O–H groups in total. The molecule has 2 aliphatic rings. The number of anilines is 1. The Labute approximate surface area is 121 Å². The Morgan fingerprint density at radius 1 is 1.45 bits per heavy atom. The van der Waals surface area contributed by atoms with Gasteiger partial charge in [0.1, 0.15) is 0 Å². The number of carboxylic acid groups (broad SMARTS) is 1. The van der Waals surface area contributed by atoms with Crippen LogP contribution in [0.2, 0.25) is 0 Å². The summed E-state index contributed by atoms with van der Waals surface area (Å²) in [6.07, 6.45) is 2.70. The number of rotatable bonds is 3. The lowest BCUT2D eigenvalue weighted by molar-refractivity contribution is -0.149. The van der Waals surface area contributed by atoms with E-state index in [1.54, 1.807) is 16.2 Å². The molecule has 2 aliphatic heterocycles. The zero-order valence-electron chi connectivity index (χ0n) is 11.1. The van der Waals surface area contributed by atoms with Crippen molar-refractivity contribution in [3.63, 3.8) is 0 Å².